The summed E-state index contributed by atoms with van der Waals surface area (Å²) in [6.45, 7) is 7.83. The highest BCUT2D eigenvalue weighted by atomic mass is 16.2. The molecule has 1 atom stereocenters. The fraction of sp³-hybridized carbons (Fsp3) is 0.333. The molecule has 0 bridgehead atoms. The Morgan fingerprint density at radius 3 is 2.55 bits per heavy atom. The van der Waals surface area contributed by atoms with E-state index >= 15 is 0 Å². The number of nitrogens with one attached hydrogen (secondary N) is 2. The number of nitrogens with two attached hydrogens (primary N) is 1. The van der Waals surface area contributed by atoms with Crippen LogP contribution in [0.2, 0.25) is 0 Å². The maximum atomic E-state index is 12.3. The summed E-state index contributed by atoms with van der Waals surface area (Å²) >= 11 is 0. The first-order valence-electron chi connectivity index (χ1n) is 6.51. The molecule has 0 aliphatic carbocycles. The molecule has 1 aromatic rings. The summed E-state index contributed by atoms with van der Waals surface area (Å²) in [7, 11) is 0. The molecule has 0 unspecified atom stereocenters. The van der Waals surface area contributed by atoms with Crippen LogP contribution in [0.3, 0.4) is 0 Å². The van der Waals surface area contributed by atoms with Gasteiger partial charge in [-0.15, -0.1) is 6.58 Å². The number of carbonyl (C=O) groups is 2. The number of para-hydroxylation sites is 1. The minimum atomic E-state index is -0.685. The van der Waals surface area contributed by atoms with E-state index in [4.69, 9.17) is 5.73 Å². The minimum absolute atomic E-state index is 0.0650. The molecule has 108 valence electrons. The molecular formula is C15H21N3O2. The number of benzene rings is 1. The average Bonchev–Trinajstić information content (AvgIpc) is 2.41. The molecule has 5 heteroatoms. The van der Waals surface area contributed by atoms with Crippen LogP contribution in [0.5, 0.6) is 0 Å². The molecule has 0 aromatic heterocycles. The quantitative estimate of drug-likeness (QED) is 0.660. The molecule has 0 fully saturated rings. The van der Waals surface area contributed by atoms with E-state index in [1.807, 2.05) is 19.9 Å². The van der Waals surface area contributed by atoms with Crippen LogP contribution in [-0.2, 0) is 4.79 Å². The number of amides is 2. The molecule has 0 spiro atoms. The second-order valence-electron chi connectivity index (χ2n) is 4.81. The number of carbonyl (C=O) groups excluding carboxylic acids is 2. The molecule has 0 heterocycles. The zero-order valence-electron chi connectivity index (χ0n) is 11.8. The summed E-state index contributed by atoms with van der Waals surface area (Å²) in [4.78, 5) is 23.6. The lowest BCUT2D eigenvalue weighted by Crippen LogP contribution is -2.47. The van der Waals surface area contributed by atoms with E-state index in [9.17, 15) is 9.59 Å². The summed E-state index contributed by atoms with van der Waals surface area (Å²) in [6, 6.07) is 6.40. The highest BCUT2D eigenvalue weighted by molar-refractivity contribution is 6.01. The Hall–Kier alpha value is -2.30. The van der Waals surface area contributed by atoms with Gasteiger partial charge in [-0.1, -0.05) is 32.1 Å². The first kappa shape index (κ1) is 15.8. The van der Waals surface area contributed by atoms with Crippen molar-refractivity contribution in [1.29, 1.82) is 0 Å². The molecule has 0 radical (unpaired) electrons. The largest absolute Gasteiger partial charge is 0.381 e. The molecular weight excluding hydrogens is 254 g/mol. The lowest BCUT2D eigenvalue weighted by atomic mass is 10.0. The molecule has 0 saturated heterocycles. The van der Waals surface area contributed by atoms with Crippen LogP contribution in [0.25, 0.3) is 0 Å². The van der Waals surface area contributed by atoms with E-state index in [-0.39, 0.29) is 11.8 Å². The minimum Gasteiger partial charge on any atom is -0.381 e. The SMILES string of the molecule is C=CCNc1ccccc1C(=O)N[C@H](C(N)=O)C(C)C. The fourth-order valence-corrected chi connectivity index (χ4v) is 1.80. The third kappa shape index (κ3) is 4.12. The van der Waals surface area contributed by atoms with Gasteiger partial charge in [0.1, 0.15) is 6.04 Å². The number of primary amides is 1. The lowest BCUT2D eigenvalue weighted by Gasteiger charge is -2.20. The first-order chi connectivity index (χ1) is 9.47. The van der Waals surface area contributed by atoms with Gasteiger partial charge in [-0.25, -0.2) is 0 Å². The van der Waals surface area contributed by atoms with Gasteiger partial charge in [0.15, 0.2) is 0 Å². The zero-order chi connectivity index (χ0) is 15.1. The Morgan fingerprint density at radius 1 is 1.35 bits per heavy atom. The monoisotopic (exact) mass is 275 g/mol. The second-order valence-corrected chi connectivity index (χ2v) is 4.81. The molecule has 0 aliphatic rings. The third-order valence-electron chi connectivity index (χ3n) is 2.87. The molecule has 0 aliphatic heterocycles. The van der Waals surface area contributed by atoms with Crippen LogP contribution in [0.4, 0.5) is 5.69 Å². The lowest BCUT2D eigenvalue weighted by molar-refractivity contribution is -0.120. The van der Waals surface area contributed by atoms with E-state index in [0.717, 1.165) is 0 Å². The Bertz CT molecular complexity index is 498. The maximum absolute atomic E-state index is 12.3. The van der Waals surface area contributed by atoms with Crippen molar-refractivity contribution in [3.05, 3.63) is 42.5 Å². The Labute approximate surface area is 119 Å². The number of rotatable bonds is 7. The van der Waals surface area contributed by atoms with Crippen molar-refractivity contribution in [2.45, 2.75) is 19.9 Å². The molecule has 0 saturated carbocycles. The molecule has 1 aromatic carbocycles. The molecule has 1 rings (SSSR count). The highest BCUT2D eigenvalue weighted by Crippen LogP contribution is 2.15. The van der Waals surface area contributed by atoms with Crippen LogP contribution >= 0.6 is 0 Å². The summed E-state index contributed by atoms with van der Waals surface area (Å²) in [5.41, 5.74) is 6.46. The van der Waals surface area contributed by atoms with Crippen molar-refractivity contribution in [2.75, 3.05) is 11.9 Å². The number of hydrogen-bond acceptors (Lipinski definition) is 3. The van der Waals surface area contributed by atoms with Crippen LogP contribution in [0, 0.1) is 5.92 Å². The summed E-state index contributed by atoms with van der Waals surface area (Å²) in [5.74, 6) is -0.927. The predicted molar refractivity (Wildman–Crippen MR) is 80.4 cm³/mol. The molecule has 2 amide bonds. The maximum Gasteiger partial charge on any atom is 0.254 e. The molecule has 20 heavy (non-hydrogen) atoms. The van der Waals surface area contributed by atoms with Gasteiger partial charge < -0.3 is 16.4 Å². The topological polar surface area (TPSA) is 84.2 Å². The predicted octanol–water partition coefficient (Wildman–Crippen LogP) is 1.52. The highest BCUT2D eigenvalue weighted by Gasteiger charge is 2.23. The van der Waals surface area contributed by atoms with Crippen molar-refractivity contribution >= 4 is 17.5 Å². The van der Waals surface area contributed by atoms with E-state index in [0.29, 0.717) is 17.8 Å². The zero-order valence-corrected chi connectivity index (χ0v) is 11.8. The van der Waals surface area contributed by atoms with Crippen LogP contribution < -0.4 is 16.4 Å². The molecule has 5 nitrogen and oxygen atoms in total. The van der Waals surface area contributed by atoms with Gasteiger partial charge in [-0.3, -0.25) is 9.59 Å². The van der Waals surface area contributed by atoms with Gasteiger partial charge in [0.05, 0.1) is 5.56 Å². The van der Waals surface area contributed by atoms with E-state index < -0.39 is 11.9 Å². The van der Waals surface area contributed by atoms with E-state index in [1.165, 1.54) is 0 Å². The van der Waals surface area contributed by atoms with Crippen molar-refractivity contribution in [3.8, 4) is 0 Å². The van der Waals surface area contributed by atoms with Gasteiger partial charge in [0, 0.05) is 12.2 Å². The van der Waals surface area contributed by atoms with Crippen molar-refractivity contribution in [1.82, 2.24) is 5.32 Å². The Kier molecular flexibility index (Phi) is 5.77. The third-order valence-corrected chi connectivity index (χ3v) is 2.87. The second kappa shape index (κ2) is 7.33. The normalized spacial score (nSPS) is 11.8. The van der Waals surface area contributed by atoms with Crippen LogP contribution in [-0.4, -0.2) is 24.4 Å². The number of hydrogen-bond donors (Lipinski definition) is 3. The summed E-state index contributed by atoms with van der Waals surface area (Å²) in [5, 5.41) is 5.75. The summed E-state index contributed by atoms with van der Waals surface area (Å²) < 4.78 is 0. The number of anilines is 1. The molecule has 4 N–H and O–H groups in total. The van der Waals surface area contributed by atoms with E-state index in [1.54, 1.807) is 24.3 Å². The van der Waals surface area contributed by atoms with Gasteiger partial charge in [-0.2, -0.15) is 0 Å². The van der Waals surface area contributed by atoms with Crippen molar-refractivity contribution < 1.29 is 9.59 Å². The van der Waals surface area contributed by atoms with Crippen molar-refractivity contribution in [2.24, 2.45) is 11.7 Å². The van der Waals surface area contributed by atoms with Gasteiger partial charge in [0.2, 0.25) is 5.91 Å². The van der Waals surface area contributed by atoms with Gasteiger partial charge in [0.25, 0.3) is 5.91 Å². The average molecular weight is 275 g/mol. The fourth-order valence-electron chi connectivity index (χ4n) is 1.80. The Balaban J connectivity index is 2.91. The van der Waals surface area contributed by atoms with Crippen LogP contribution in [0.1, 0.15) is 24.2 Å². The van der Waals surface area contributed by atoms with Crippen molar-refractivity contribution in [3.63, 3.8) is 0 Å². The standard InChI is InChI=1S/C15H21N3O2/c1-4-9-17-12-8-6-5-7-11(12)15(20)18-13(10(2)3)14(16)19/h4-8,10,13,17H,1,9H2,2-3H3,(H2,16,19)(H,18,20)/t13-/m0/s1. The van der Waals surface area contributed by atoms with Gasteiger partial charge >= 0.3 is 0 Å². The van der Waals surface area contributed by atoms with E-state index in [2.05, 4.69) is 17.2 Å². The van der Waals surface area contributed by atoms with Crippen LogP contribution in [0.15, 0.2) is 36.9 Å². The smallest absolute Gasteiger partial charge is 0.254 e. The first-order valence-corrected chi connectivity index (χ1v) is 6.51. The Morgan fingerprint density at radius 2 is 2.00 bits per heavy atom. The summed E-state index contributed by atoms with van der Waals surface area (Å²) in [6.07, 6.45) is 1.70. The van der Waals surface area contributed by atoms with Gasteiger partial charge in [-0.05, 0) is 18.1 Å².